The number of esters is 1. The highest BCUT2D eigenvalue weighted by Crippen LogP contribution is 2.28. The molecule has 2 rings (SSSR count). The number of nitrogens with one attached hydrogen (secondary N) is 1. The van der Waals surface area contributed by atoms with Gasteiger partial charge in [-0.2, -0.15) is 4.98 Å². The topological polar surface area (TPSA) is 111 Å². The number of sulfonamides is 1. The first-order valence-electron chi connectivity index (χ1n) is 6.42. The molecule has 0 bridgehead atoms. The first-order valence-corrected chi connectivity index (χ1v) is 8.95. The van der Waals surface area contributed by atoms with E-state index in [-0.39, 0.29) is 18.1 Å². The van der Waals surface area contributed by atoms with Gasteiger partial charge in [0, 0.05) is 17.4 Å². The fourth-order valence-electron chi connectivity index (χ4n) is 1.52. The molecule has 0 amide bonds. The number of aryl methyl sites for hydroxylation is 1. The van der Waals surface area contributed by atoms with E-state index in [4.69, 9.17) is 4.52 Å². The van der Waals surface area contributed by atoms with E-state index in [1.54, 1.807) is 18.4 Å². The molecule has 0 radical (unpaired) electrons. The molecule has 0 aliphatic carbocycles. The van der Waals surface area contributed by atoms with E-state index < -0.39 is 10.0 Å². The van der Waals surface area contributed by atoms with Gasteiger partial charge in [-0.1, -0.05) is 5.16 Å². The van der Waals surface area contributed by atoms with Gasteiger partial charge in [-0.25, -0.2) is 8.42 Å². The smallest absolute Gasteiger partial charge is 0.306 e. The molecule has 0 aliphatic heterocycles. The number of hydrogen-bond donors (Lipinski definition) is 1. The van der Waals surface area contributed by atoms with Gasteiger partial charge in [-0.15, -0.1) is 11.3 Å². The average Bonchev–Trinajstić information content (AvgIpc) is 3.13. The van der Waals surface area contributed by atoms with E-state index in [2.05, 4.69) is 19.6 Å². The van der Waals surface area contributed by atoms with Crippen LogP contribution in [0.25, 0.3) is 11.4 Å². The van der Waals surface area contributed by atoms with E-state index in [1.807, 2.05) is 0 Å². The lowest BCUT2D eigenvalue weighted by Gasteiger charge is -2.00. The molecule has 0 unspecified atom stereocenters. The van der Waals surface area contributed by atoms with Crippen molar-refractivity contribution in [2.75, 3.05) is 17.6 Å². The van der Waals surface area contributed by atoms with Crippen LogP contribution in [0.2, 0.25) is 0 Å². The Morgan fingerprint density at radius 3 is 2.95 bits per heavy atom. The lowest BCUT2D eigenvalue weighted by Crippen LogP contribution is -2.13. The van der Waals surface area contributed by atoms with Gasteiger partial charge in [-0.05, 0) is 13.0 Å². The van der Waals surface area contributed by atoms with Crippen molar-refractivity contribution >= 4 is 32.3 Å². The molecule has 2 heterocycles. The number of aromatic nitrogens is 2. The largest absolute Gasteiger partial charge is 0.469 e. The molecule has 2 aromatic heterocycles. The van der Waals surface area contributed by atoms with E-state index >= 15 is 0 Å². The fourth-order valence-corrected chi connectivity index (χ4v) is 3.22. The minimum Gasteiger partial charge on any atom is -0.469 e. The highest BCUT2D eigenvalue weighted by atomic mass is 32.2. The van der Waals surface area contributed by atoms with Gasteiger partial charge in [0.15, 0.2) is 0 Å². The molecule has 0 saturated heterocycles. The van der Waals surface area contributed by atoms with E-state index in [0.29, 0.717) is 28.7 Å². The molecule has 8 nitrogen and oxygen atoms in total. The third-order valence-electron chi connectivity index (χ3n) is 2.73. The van der Waals surface area contributed by atoms with Crippen molar-refractivity contribution in [1.82, 2.24) is 10.1 Å². The van der Waals surface area contributed by atoms with Gasteiger partial charge in [0.05, 0.1) is 19.3 Å². The Kier molecular flexibility index (Phi) is 5.14. The summed E-state index contributed by atoms with van der Waals surface area (Å²) in [6.07, 6.45) is 0.447. The Bertz CT molecular complexity index is 750. The Balaban J connectivity index is 2.05. The summed E-state index contributed by atoms with van der Waals surface area (Å²) >= 11 is 1.23. The van der Waals surface area contributed by atoms with Crippen molar-refractivity contribution < 1.29 is 22.5 Å². The first-order chi connectivity index (χ1) is 10.4. The highest BCUT2D eigenvalue weighted by molar-refractivity contribution is 7.92. The number of ether oxygens (including phenoxy) is 1. The summed E-state index contributed by atoms with van der Waals surface area (Å²) < 4.78 is 35.0. The van der Waals surface area contributed by atoms with Crippen LogP contribution in [0.1, 0.15) is 19.2 Å². The maximum absolute atomic E-state index is 11.5. The van der Waals surface area contributed by atoms with Gasteiger partial charge in [0.1, 0.15) is 5.00 Å². The second kappa shape index (κ2) is 6.88. The Hall–Kier alpha value is -1.94. The van der Waals surface area contributed by atoms with Gasteiger partial charge in [0.25, 0.3) is 0 Å². The first kappa shape index (κ1) is 16.4. The van der Waals surface area contributed by atoms with Crippen LogP contribution >= 0.6 is 11.3 Å². The standard InChI is InChI=1S/C12H15N3O5S2/c1-3-22(17,18)15-10-6-8(7-21-10)12-13-9(20-14-12)4-5-11(16)19-2/h6-7,15H,3-5H2,1-2H3. The van der Waals surface area contributed by atoms with Crippen LogP contribution in [0.3, 0.4) is 0 Å². The monoisotopic (exact) mass is 345 g/mol. The van der Waals surface area contributed by atoms with Gasteiger partial charge < -0.3 is 9.26 Å². The third-order valence-corrected chi connectivity index (χ3v) is 5.00. The number of anilines is 1. The second-order valence-corrected chi connectivity index (χ2v) is 7.22. The molecule has 0 saturated carbocycles. The molecular formula is C12H15N3O5S2. The Morgan fingerprint density at radius 1 is 1.50 bits per heavy atom. The molecule has 10 heteroatoms. The molecule has 0 fully saturated rings. The number of rotatable bonds is 7. The number of carbonyl (C=O) groups is 1. The summed E-state index contributed by atoms with van der Waals surface area (Å²) in [5.41, 5.74) is 0.645. The number of nitrogens with zero attached hydrogens (tertiary/aromatic N) is 2. The zero-order valence-corrected chi connectivity index (χ0v) is 13.7. The van der Waals surface area contributed by atoms with Crippen LogP contribution in [0.4, 0.5) is 5.00 Å². The highest BCUT2D eigenvalue weighted by Gasteiger charge is 2.14. The molecule has 22 heavy (non-hydrogen) atoms. The van der Waals surface area contributed by atoms with Gasteiger partial charge in [-0.3, -0.25) is 9.52 Å². The van der Waals surface area contributed by atoms with E-state index in [9.17, 15) is 13.2 Å². The number of carbonyl (C=O) groups excluding carboxylic acids is 1. The van der Waals surface area contributed by atoms with Crippen molar-refractivity contribution in [3.05, 3.63) is 17.3 Å². The molecule has 1 N–H and O–H groups in total. The minimum atomic E-state index is -3.31. The maximum atomic E-state index is 11.5. The summed E-state index contributed by atoms with van der Waals surface area (Å²) in [5.74, 6) is 0.312. The maximum Gasteiger partial charge on any atom is 0.306 e. The molecule has 0 atom stereocenters. The molecule has 0 spiro atoms. The quantitative estimate of drug-likeness (QED) is 0.760. The van der Waals surface area contributed by atoms with Crippen LogP contribution in [-0.2, 0) is 26.0 Å². The Morgan fingerprint density at radius 2 is 2.27 bits per heavy atom. The summed E-state index contributed by atoms with van der Waals surface area (Å²) in [5, 5.41) is 6.02. The van der Waals surface area contributed by atoms with Crippen LogP contribution < -0.4 is 4.72 Å². The lowest BCUT2D eigenvalue weighted by atomic mass is 10.3. The zero-order chi connectivity index (χ0) is 16.2. The minimum absolute atomic E-state index is 0.000119. The molecular weight excluding hydrogens is 330 g/mol. The Labute approximate surface area is 131 Å². The van der Waals surface area contributed by atoms with E-state index in [0.717, 1.165) is 0 Å². The summed E-state index contributed by atoms with van der Waals surface area (Å²) in [6.45, 7) is 1.56. The van der Waals surface area contributed by atoms with Crippen LogP contribution in [-0.4, -0.2) is 37.4 Å². The molecule has 0 aliphatic rings. The van der Waals surface area contributed by atoms with Crippen molar-refractivity contribution in [2.45, 2.75) is 19.8 Å². The van der Waals surface area contributed by atoms with Crippen molar-refractivity contribution in [3.63, 3.8) is 0 Å². The lowest BCUT2D eigenvalue weighted by molar-refractivity contribution is -0.140. The molecule has 0 aromatic carbocycles. The van der Waals surface area contributed by atoms with Gasteiger partial charge >= 0.3 is 5.97 Å². The number of methoxy groups -OCH3 is 1. The predicted octanol–water partition coefficient (Wildman–Crippen LogP) is 1.67. The summed E-state index contributed by atoms with van der Waals surface area (Å²) in [4.78, 5) is 15.2. The van der Waals surface area contributed by atoms with Crippen LogP contribution in [0, 0.1) is 0 Å². The molecule has 2 aromatic rings. The van der Waals surface area contributed by atoms with Crippen molar-refractivity contribution in [2.24, 2.45) is 0 Å². The van der Waals surface area contributed by atoms with Crippen LogP contribution in [0.15, 0.2) is 16.0 Å². The van der Waals surface area contributed by atoms with Crippen molar-refractivity contribution in [1.29, 1.82) is 0 Å². The third kappa shape index (κ3) is 4.28. The number of hydrogen-bond acceptors (Lipinski definition) is 8. The summed E-state index contributed by atoms with van der Waals surface area (Å²) in [7, 11) is -2.00. The molecule has 120 valence electrons. The van der Waals surface area contributed by atoms with Gasteiger partial charge in [0.2, 0.25) is 21.7 Å². The number of thiophene rings is 1. The van der Waals surface area contributed by atoms with Crippen LogP contribution in [0.5, 0.6) is 0 Å². The fraction of sp³-hybridized carbons (Fsp3) is 0.417. The summed E-state index contributed by atoms with van der Waals surface area (Å²) in [6, 6.07) is 1.63. The van der Waals surface area contributed by atoms with E-state index in [1.165, 1.54) is 18.4 Å². The SMILES string of the molecule is CCS(=O)(=O)Nc1cc(-c2noc(CCC(=O)OC)n2)cs1. The van der Waals surface area contributed by atoms with Crippen molar-refractivity contribution in [3.8, 4) is 11.4 Å². The normalized spacial score (nSPS) is 11.4. The average molecular weight is 345 g/mol. The zero-order valence-electron chi connectivity index (χ0n) is 12.0. The second-order valence-electron chi connectivity index (χ2n) is 4.29. The predicted molar refractivity (Wildman–Crippen MR) is 81.0 cm³/mol.